The number of nitrogens with zero attached hydrogens (tertiary/aromatic N) is 5. The van der Waals surface area contributed by atoms with Crippen LogP contribution in [0.3, 0.4) is 0 Å². The zero-order valence-corrected chi connectivity index (χ0v) is 15.7. The van der Waals surface area contributed by atoms with Gasteiger partial charge in [-0.1, -0.05) is 6.07 Å². The minimum atomic E-state index is -0.134. The van der Waals surface area contributed by atoms with E-state index in [1.54, 1.807) is 23.9 Å². The number of benzene rings is 2. The number of fused-ring (bicyclic) bond motifs is 1. The van der Waals surface area contributed by atoms with E-state index in [9.17, 15) is 4.79 Å². The minimum Gasteiger partial charge on any atom is -0.497 e. The normalized spacial score (nSPS) is 10.9. The van der Waals surface area contributed by atoms with Crippen molar-refractivity contribution < 1.29 is 9.53 Å². The molecule has 4 aromatic rings. The van der Waals surface area contributed by atoms with Crippen LogP contribution < -0.4 is 10.1 Å². The highest BCUT2D eigenvalue weighted by Gasteiger charge is 2.09. The van der Waals surface area contributed by atoms with Crippen molar-refractivity contribution in [3.8, 4) is 11.4 Å². The molecule has 1 amide bonds. The summed E-state index contributed by atoms with van der Waals surface area (Å²) in [5, 5.41) is 15.5. The standard InChI is InChI=1S/C20H20N6O2/c1-14-22-23-24-26(14)17-5-3-4-16(12-17)20(27)21-9-11-25-10-8-15-13-18(28-2)6-7-19(15)25/h3-8,10,12-13H,9,11H2,1-2H3,(H,21,27). The van der Waals surface area contributed by atoms with E-state index in [1.807, 2.05) is 49.5 Å². The molecule has 0 aliphatic rings. The predicted octanol–water partition coefficient (Wildman–Crippen LogP) is 2.36. The first-order chi connectivity index (χ1) is 13.7. The van der Waals surface area contributed by atoms with Crippen molar-refractivity contribution in [3.63, 3.8) is 0 Å². The summed E-state index contributed by atoms with van der Waals surface area (Å²) in [6, 6.07) is 15.2. The van der Waals surface area contributed by atoms with Crippen LogP contribution in [0.15, 0.2) is 54.7 Å². The summed E-state index contributed by atoms with van der Waals surface area (Å²) in [7, 11) is 1.66. The second-order valence-electron chi connectivity index (χ2n) is 6.38. The number of amides is 1. The fourth-order valence-corrected chi connectivity index (χ4v) is 3.14. The van der Waals surface area contributed by atoms with Crippen LogP contribution in [0.25, 0.3) is 16.6 Å². The zero-order chi connectivity index (χ0) is 19.5. The molecule has 0 radical (unpaired) electrons. The largest absolute Gasteiger partial charge is 0.497 e. The van der Waals surface area contributed by atoms with Crippen LogP contribution in [0.1, 0.15) is 16.2 Å². The highest BCUT2D eigenvalue weighted by molar-refractivity contribution is 5.94. The number of methoxy groups -OCH3 is 1. The molecule has 2 aromatic carbocycles. The van der Waals surface area contributed by atoms with Crippen molar-refractivity contribution in [1.29, 1.82) is 0 Å². The van der Waals surface area contributed by atoms with Crippen molar-refractivity contribution >= 4 is 16.8 Å². The molecule has 0 saturated carbocycles. The smallest absolute Gasteiger partial charge is 0.251 e. The second kappa shape index (κ2) is 7.51. The Labute approximate surface area is 161 Å². The molecule has 0 atom stereocenters. The number of hydrogen-bond donors (Lipinski definition) is 1. The first-order valence-corrected chi connectivity index (χ1v) is 8.92. The molecule has 2 aromatic heterocycles. The van der Waals surface area contributed by atoms with Gasteiger partial charge in [0.25, 0.3) is 5.91 Å². The number of carbonyl (C=O) groups excluding carboxylic acids is 1. The Kier molecular flexibility index (Phi) is 4.76. The van der Waals surface area contributed by atoms with Gasteiger partial charge in [0.1, 0.15) is 5.75 Å². The van der Waals surface area contributed by atoms with E-state index < -0.39 is 0 Å². The molecule has 0 bridgehead atoms. The molecule has 8 heteroatoms. The third kappa shape index (κ3) is 3.44. The number of ether oxygens (including phenoxy) is 1. The Morgan fingerprint density at radius 3 is 2.86 bits per heavy atom. The van der Waals surface area contributed by atoms with E-state index in [-0.39, 0.29) is 5.91 Å². The topological polar surface area (TPSA) is 86.9 Å². The van der Waals surface area contributed by atoms with Gasteiger partial charge < -0.3 is 14.6 Å². The van der Waals surface area contributed by atoms with Gasteiger partial charge in [0, 0.05) is 35.8 Å². The highest BCUT2D eigenvalue weighted by atomic mass is 16.5. The summed E-state index contributed by atoms with van der Waals surface area (Å²) in [6.45, 7) is 3.00. The van der Waals surface area contributed by atoms with Crippen LogP contribution >= 0.6 is 0 Å². The van der Waals surface area contributed by atoms with Crippen LogP contribution in [0.4, 0.5) is 0 Å². The average molecular weight is 376 g/mol. The minimum absolute atomic E-state index is 0.134. The van der Waals surface area contributed by atoms with Gasteiger partial charge in [-0.25, -0.2) is 0 Å². The molecule has 8 nitrogen and oxygen atoms in total. The molecule has 2 heterocycles. The monoisotopic (exact) mass is 376 g/mol. The summed E-state index contributed by atoms with van der Waals surface area (Å²) in [5.74, 6) is 1.36. The third-order valence-electron chi connectivity index (χ3n) is 4.59. The number of tetrazole rings is 1. The van der Waals surface area contributed by atoms with E-state index in [4.69, 9.17) is 4.74 Å². The van der Waals surface area contributed by atoms with E-state index in [0.717, 1.165) is 22.3 Å². The number of nitrogens with one attached hydrogen (secondary N) is 1. The average Bonchev–Trinajstić information content (AvgIpc) is 3.33. The summed E-state index contributed by atoms with van der Waals surface area (Å²) in [4.78, 5) is 12.5. The van der Waals surface area contributed by atoms with Gasteiger partial charge in [-0.2, -0.15) is 4.68 Å². The van der Waals surface area contributed by atoms with E-state index in [1.165, 1.54) is 0 Å². The molecule has 0 spiro atoms. The Morgan fingerprint density at radius 1 is 1.18 bits per heavy atom. The van der Waals surface area contributed by atoms with Gasteiger partial charge in [0.05, 0.1) is 12.8 Å². The summed E-state index contributed by atoms with van der Waals surface area (Å²) >= 11 is 0. The van der Waals surface area contributed by atoms with Crippen molar-refractivity contribution in [3.05, 3.63) is 66.1 Å². The molecule has 0 saturated heterocycles. The van der Waals surface area contributed by atoms with Crippen LogP contribution in [0, 0.1) is 6.92 Å². The zero-order valence-electron chi connectivity index (χ0n) is 15.7. The summed E-state index contributed by atoms with van der Waals surface area (Å²) in [6.07, 6.45) is 2.01. The summed E-state index contributed by atoms with van der Waals surface area (Å²) < 4.78 is 8.96. The lowest BCUT2D eigenvalue weighted by Crippen LogP contribution is -2.27. The molecule has 0 aliphatic heterocycles. The fraction of sp³-hybridized carbons (Fsp3) is 0.200. The Morgan fingerprint density at radius 2 is 2.07 bits per heavy atom. The van der Waals surface area contributed by atoms with Gasteiger partial charge in [0.15, 0.2) is 5.82 Å². The number of carbonyl (C=O) groups is 1. The van der Waals surface area contributed by atoms with Gasteiger partial charge in [-0.05, 0) is 59.8 Å². The maximum atomic E-state index is 12.5. The maximum absolute atomic E-state index is 12.5. The van der Waals surface area contributed by atoms with Crippen LogP contribution in [0.5, 0.6) is 5.75 Å². The number of hydrogen-bond acceptors (Lipinski definition) is 5. The molecule has 1 N–H and O–H groups in total. The summed E-state index contributed by atoms with van der Waals surface area (Å²) in [5.41, 5.74) is 2.42. The Bertz CT molecular complexity index is 1130. The Hall–Kier alpha value is -3.68. The van der Waals surface area contributed by atoms with E-state index in [0.29, 0.717) is 24.5 Å². The van der Waals surface area contributed by atoms with Crippen molar-refractivity contribution in [2.45, 2.75) is 13.5 Å². The van der Waals surface area contributed by atoms with Crippen LogP contribution in [-0.4, -0.2) is 44.3 Å². The molecule has 0 unspecified atom stereocenters. The molecule has 4 rings (SSSR count). The maximum Gasteiger partial charge on any atom is 0.251 e. The van der Waals surface area contributed by atoms with Crippen molar-refractivity contribution in [2.75, 3.05) is 13.7 Å². The number of aryl methyl sites for hydroxylation is 1. The van der Waals surface area contributed by atoms with E-state index in [2.05, 4.69) is 25.4 Å². The lowest BCUT2D eigenvalue weighted by atomic mass is 10.2. The molecule has 28 heavy (non-hydrogen) atoms. The molecule has 0 fully saturated rings. The predicted molar refractivity (Wildman–Crippen MR) is 105 cm³/mol. The molecule has 142 valence electrons. The lowest BCUT2D eigenvalue weighted by Gasteiger charge is -2.09. The van der Waals surface area contributed by atoms with Gasteiger partial charge in [0.2, 0.25) is 0 Å². The van der Waals surface area contributed by atoms with Gasteiger partial charge in [-0.3, -0.25) is 4.79 Å². The first kappa shape index (κ1) is 17.7. The third-order valence-corrected chi connectivity index (χ3v) is 4.59. The van der Waals surface area contributed by atoms with E-state index >= 15 is 0 Å². The molecule has 0 aliphatic carbocycles. The van der Waals surface area contributed by atoms with Crippen LogP contribution in [-0.2, 0) is 6.54 Å². The van der Waals surface area contributed by atoms with Crippen molar-refractivity contribution in [2.24, 2.45) is 0 Å². The SMILES string of the molecule is COc1ccc2c(ccn2CCNC(=O)c2cccc(-n3nnnc3C)c2)c1. The highest BCUT2D eigenvalue weighted by Crippen LogP contribution is 2.21. The lowest BCUT2D eigenvalue weighted by molar-refractivity contribution is 0.0952. The second-order valence-corrected chi connectivity index (χ2v) is 6.38. The molecular weight excluding hydrogens is 356 g/mol. The fourth-order valence-electron chi connectivity index (χ4n) is 3.14. The quantitative estimate of drug-likeness (QED) is 0.558. The van der Waals surface area contributed by atoms with Crippen molar-refractivity contribution in [1.82, 2.24) is 30.1 Å². The van der Waals surface area contributed by atoms with Gasteiger partial charge >= 0.3 is 0 Å². The number of aromatic nitrogens is 5. The van der Waals surface area contributed by atoms with Gasteiger partial charge in [-0.15, -0.1) is 5.10 Å². The molecular formula is C20H20N6O2. The first-order valence-electron chi connectivity index (χ1n) is 8.92. The number of rotatable bonds is 6. The Balaban J connectivity index is 1.42. The van der Waals surface area contributed by atoms with Crippen LogP contribution in [0.2, 0.25) is 0 Å².